The minimum atomic E-state index is -0.938. The van der Waals surface area contributed by atoms with Crippen LogP contribution < -0.4 is 0 Å². The van der Waals surface area contributed by atoms with E-state index < -0.39 is 5.60 Å². The molecule has 1 N–H and O–H groups in total. The standard InChI is InChI=1S/C13H14BrN3O2/c1-17-6-5-13(18,8-17)11-7-10(16-19-11)9-3-2-4-12(14)15-9/h2-4,7,18H,5-6,8H2,1H3/t13-/m1/s1. The van der Waals surface area contributed by atoms with Gasteiger partial charge in [-0.1, -0.05) is 11.2 Å². The molecular formula is C13H14BrN3O2. The van der Waals surface area contributed by atoms with Crippen LogP contribution in [0.1, 0.15) is 12.2 Å². The highest BCUT2D eigenvalue weighted by molar-refractivity contribution is 9.10. The summed E-state index contributed by atoms with van der Waals surface area (Å²) in [5, 5.41) is 14.5. The van der Waals surface area contributed by atoms with Crippen molar-refractivity contribution in [1.82, 2.24) is 15.0 Å². The zero-order chi connectivity index (χ0) is 13.5. The maximum absolute atomic E-state index is 10.5. The Hall–Kier alpha value is -1.24. The summed E-state index contributed by atoms with van der Waals surface area (Å²) >= 11 is 3.33. The molecule has 0 radical (unpaired) electrons. The van der Waals surface area contributed by atoms with Crippen molar-refractivity contribution >= 4 is 15.9 Å². The molecule has 1 atom stereocenters. The summed E-state index contributed by atoms with van der Waals surface area (Å²) in [6.07, 6.45) is 0.657. The average Bonchev–Trinajstić information content (AvgIpc) is 2.97. The Labute approximate surface area is 119 Å². The zero-order valence-electron chi connectivity index (χ0n) is 10.5. The van der Waals surface area contributed by atoms with Crippen molar-refractivity contribution in [2.45, 2.75) is 12.0 Å². The maximum atomic E-state index is 10.5. The Bertz CT molecular complexity index is 601. The van der Waals surface area contributed by atoms with Crippen LogP contribution in [0.15, 0.2) is 33.4 Å². The smallest absolute Gasteiger partial charge is 0.170 e. The highest BCUT2D eigenvalue weighted by atomic mass is 79.9. The normalized spacial score (nSPS) is 23.9. The first-order valence-corrected chi connectivity index (χ1v) is 6.87. The lowest BCUT2D eigenvalue weighted by Gasteiger charge is -2.18. The molecule has 3 rings (SSSR count). The molecule has 0 aromatic carbocycles. The fraction of sp³-hybridized carbons (Fsp3) is 0.385. The van der Waals surface area contributed by atoms with E-state index in [1.807, 2.05) is 25.2 Å². The Kier molecular flexibility index (Phi) is 3.16. The average molecular weight is 324 g/mol. The summed E-state index contributed by atoms with van der Waals surface area (Å²) in [5.41, 5.74) is 0.421. The Morgan fingerprint density at radius 3 is 2.95 bits per heavy atom. The van der Waals surface area contributed by atoms with Crippen molar-refractivity contribution in [3.05, 3.63) is 34.6 Å². The summed E-state index contributed by atoms with van der Waals surface area (Å²) in [6, 6.07) is 7.37. The summed E-state index contributed by atoms with van der Waals surface area (Å²) in [4.78, 5) is 6.39. The van der Waals surface area contributed by atoms with Gasteiger partial charge in [-0.15, -0.1) is 0 Å². The molecular weight excluding hydrogens is 310 g/mol. The monoisotopic (exact) mass is 323 g/mol. The van der Waals surface area contributed by atoms with Crippen molar-refractivity contribution in [2.24, 2.45) is 0 Å². The molecule has 5 nitrogen and oxygen atoms in total. The van der Waals surface area contributed by atoms with Crippen LogP contribution in [0.25, 0.3) is 11.4 Å². The molecule has 19 heavy (non-hydrogen) atoms. The number of aliphatic hydroxyl groups is 1. The molecule has 1 saturated heterocycles. The molecule has 2 aromatic rings. The minimum Gasteiger partial charge on any atom is -0.380 e. The molecule has 1 aliphatic heterocycles. The van der Waals surface area contributed by atoms with E-state index >= 15 is 0 Å². The molecule has 0 aliphatic carbocycles. The van der Waals surface area contributed by atoms with Crippen LogP contribution in [-0.2, 0) is 5.60 Å². The molecule has 0 saturated carbocycles. The molecule has 3 heterocycles. The van der Waals surface area contributed by atoms with E-state index in [0.29, 0.717) is 24.4 Å². The fourth-order valence-electron chi connectivity index (χ4n) is 2.35. The second-order valence-corrected chi connectivity index (χ2v) is 5.75. The first-order chi connectivity index (χ1) is 9.07. The van der Waals surface area contributed by atoms with Crippen molar-refractivity contribution in [3.8, 4) is 11.4 Å². The van der Waals surface area contributed by atoms with Gasteiger partial charge in [0.05, 0.1) is 5.69 Å². The molecule has 0 amide bonds. The summed E-state index contributed by atoms with van der Waals surface area (Å²) in [7, 11) is 1.98. The highest BCUT2D eigenvalue weighted by Gasteiger charge is 2.39. The van der Waals surface area contributed by atoms with Gasteiger partial charge in [0.2, 0.25) is 0 Å². The van der Waals surface area contributed by atoms with E-state index in [2.05, 4.69) is 31.0 Å². The number of likely N-dealkylation sites (tertiary alicyclic amines) is 1. The molecule has 1 aliphatic rings. The third-order valence-electron chi connectivity index (χ3n) is 3.38. The van der Waals surface area contributed by atoms with Crippen LogP contribution in [0.4, 0.5) is 0 Å². The van der Waals surface area contributed by atoms with E-state index in [1.165, 1.54) is 0 Å². The maximum Gasteiger partial charge on any atom is 0.170 e. The SMILES string of the molecule is CN1CC[C@](O)(c2cc(-c3cccc(Br)n3)no2)C1. The van der Waals surface area contributed by atoms with Crippen LogP contribution in [0, 0.1) is 0 Å². The van der Waals surface area contributed by atoms with E-state index in [9.17, 15) is 5.11 Å². The number of pyridine rings is 1. The predicted octanol–water partition coefficient (Wildman–Crippen LogP) is 2.02. The number of hydrogen-bond acceptors (Lipinski definition) is 5. The summed E-state index contributed by atoms with van der Waals surface area (Å²) in [5.74, 6) is 0.508. The van der Waals surface area contributed by atoms with Gasteiger partial charge in [-0.05, 0) is 41.5 Å². The van der Waals surface area contributed by atoms with Gasteiger partial charge in [0, 0.05) is 19.2 Å². The van der Waals surface area contributed by atoms with Crippen molar-refractivity contribution < 1.29 is 9.63 Å². The third-order valence-corrected chi connectivity index (χ3v) is 3.83. The van der Waals surface area contributed by atoms with Gasteiger partial charge in [-0.3, -0.25) is 0 Å². The molecule has 0 spiro atoms. The minimum absolute atomic E-state index is 0.508. The fourth-order valence-corrected chi connectivity index (χ4v) is 2.69. The van der Waals surface area contributed by atoms with E-state index in [4.69, 9.17) is 4.52 Å². The van der Waals surface area contributed by atoms with Crippen LogP contribution in [0.5, 0.6) is 0 Å². The van der Waals surface area contributed by atoms with Gasteiger partial charge in [0.15, 0.2) is 5.76 Å². The molecule has 100 valence electrons. The number of rotatable bonds is 2. The lowest BCUT2D eigenvalue weighted by Crippen LogP contribution is -2.28. The Morgan fingerprint density at radius 1 is 1.42 bits per heavy atom. The molecule has 6 heteroatoms. The third kappa shape index (κ3) is 2.43. The quantitative estimate of drug-likeness (QED) is 0.857. The highest BCUT2D eigenvalue weighted by Crippen LogP contribution is 2.33. The van der Waals surface area contributed by atoms with Crippen LogP contribution in [0.2, 0.25) is 0 Å². The zero-order valence-corrected chi connectivity index (χ0v) is 12.1. The van der Waals surface area contributed by atoms with Gasteiger partial charge < -0.3 is 14.5 Å². The first kappa shape index (κ1) is 12.8. The van der Waals surface area contributed by atoms with E-state index in [0.717, 1.165) is 16.8 Å². The van der Waals surface area contributed by atoms with Crippen LogP contribution >= 0.6 is 15.9 Å². The second-order valence-electron chi connectivity index (χ2n) is 4.94. The Morgan fingerprint density at radius 2 is 2.26 bits per heavy atom. The van der Waals surface area contributed by atoms with Gasteiger partial charge in [-0.25, -0.2) is 4.98 Å². The van der Waals surface area contributed by atoms with Crippen molar-refractivity contribution in [1.29, 1.82) is 0 Å². The largest absolute Gasteiger partial charge is 0.380 e. The molecule has 2 aromatic heterocycles. The van der Waals surface area contributed by atoms with Gasteiger partial charge in [-0.2, -0.15) is 0 Å². The van der Waals surface area contributed by atoms with Gasteiger partial charge >= 0.3 is 0 Å². The van der Waals surface area contributed by atoms with Crippen LogP contribution in [-0.4, -0.2) is 40.3 Å². The van der Waals surface area contributed by atoms with Crippen LogP contribution in [0.3, 0.4) is 0 Å². The lowest BCUT2D eigenvalue weighted by molar-refractivity contribution is 0.0211. The predicted molar refractivity (Wildman–Crippen MR) is 73.4 cm³/mol. The molecule has 0 bridgehead atoms. The van der Waals surface area contributed by atoms with E-state index in [1.54, 1.807) is 6.07 Å². The Balaban J connectivity index is 1.92. The number of hydrogen-bond donors (Lipinski definition) is 1. The first-order valence-electron chi connectivity index (χ1n) is 6.08. The van der Waals surface area contributed by atoms with Gasteiger partial charge in [0.1, 0.15) is 15.9 Å². The van der Waals surface area contributed by atoms with E-state index in [-0.39, 0.29) is 0 Å². The number of likely N-dealkylation sites (N-methyl/N-ethyl adjacent to an activating group) is 1. The molecule has 1 fully saturated rings. The van der Waals surface area contributed by atoms with Gasteiger partial charge in [0.25, 0.3) is 0 Å². The summed E-state index contributed by atoms with van der Waals surface area (Å²) < 4.78 is 6.06. The van der Waals surface area contributed by atoms with Crippen molar-refractivity contribution in [2.75, 3.05) is 20.1 Å². The molecule has 0 unspecified atom stereocenters. The number of halogens is 1. The number of aromatic nitrogens is 2. The second kappa shape index (κ2) is 4.70. The topological polar surface area (TPSA) is 62.4 Å². The number of nitrogens with zero attached hydrogens (tertiary/aromatic N) is 3. The number of β-amino-alcohol motifs (C(OH)–C–C–N with tert-alkyl or cyclic N) is 1. The van der Waals surface area contributed by atoms with Crippen molar-refractivity contribution in [3.63, 3.8) is 0 Å². The summed E-state index contributed by atoms with van der Waals surface area (Å²) in [6.45, 7) is 1.41. The lowest BCUT2D eigenvalue weighted by atomic mass is 9.99.